The number of nitrogens with one attached hydrogen (secondary N) is 1. The Hall–Kier alpha value is -2.78. The molecule has 8 nitrogen and oxygen atoms in total. The average molecular weight is 288 g/mol. The van der Waals surface area contributed by atoms with Crippen LogP contribution in [0.4, 0.5) is 10.2 Å². The zero-order valence-corrected chi connectivity index (χ0v) is 11.2. The first-order valence-corrected chi connectivity index (χ1v) is 6.13. The molecule has 0 saturated carbocycles. The fraction of sp³-hybridized carbons (Fsp3) is 0.0833. The molecule has 3 N–H and O–H groups in total. The van der Waals surface area contributed by atoms with E-state index in [0.29, 0.717) is 17.2 Å². The maximum absolute atomic E-state index is 14.2. The number of rotatable bonds is 4. The number of anilines is 1. The van der Waals surface area contributed by atoms with Crippen molar-refractivity contribution in [2.45, 2.75) is 0 Å². The monoisotopic (exact) mass is 288 g/mol. The molecule has 2 aromatic heterocycles. The van der Waals surface area contributed by atoms with Crippen molar-refractivity contribution >= 4 is 5.82 Å². The normalized spacial score (nSPS) is 10.8. The fourth-order valence-electron chi connectivity index (χ4n) is 1.84. The number of nitrogens with zero attached hydrogens (tertiary/aromatic N) is 6. The van der Waals surface area contributed by atoms with Gasteiger partial charge < -0.3 is 0 Å². The van der Waals surface area contributed by atoms with Gasteiger partial charge in [0.15, 0.2) is 5.82 Å². The van der Waals surface area contributed by atoms with Gasteiger partial charge in [0.2, 0.25) is 5.82 Å². The first kappa shape index (κ1) is 13.2. The second kappa shape index (κ2) is 5.31. The van der Waals surface area contributed by atoms with Crippen LogP contribution in [0.3, 0.4) is 0 Å². The summed E-state index contributed by atoms with van der Waals surface area (Å²) in [6, 6.07) is 6.43. The van der Waals surface area contributed by atoms with E-state index >= 15 is 0 Å². The van der Waals surface area contributed by atoms with Crippen molar-refractivity contribution in [3.05, 3.63) is 48.7 Å². The van der Waals surface area contributed by atoms with Gasteiger partial charge in [-0.2, -0.15) is 5.10 Å². The van der Waals surface area contributed by atoms with Crippen LogP contribution in [-0.2, 0) is 0 Å². The third-order valence-corrected chi connectivity index (χ3v) is 2.92. The third kappa shape index (κ3) is 2.47. The number of hydrogen-bond donors (Lipinski definition) is 2. The molecule has 21 heavy (non-hydrogen) atoms. The Balaban J connectivity index is 1.93. The molecule has 0 saturated heterocycles. The van der Waals surface area contributed by atoms with E-state index in [1.165, 1.54) is 20.5 Å². The van der Waals surface area contributed by atoms with Crippen LogP contribution in [0.15, 0.2) is 42.9 Å². The zero-order valence-electron chi connectivity index (χ0n) is 11.2. The molecule has 108 valence electrons. The lowest BCUT2D eigenvalue weighted by Gasteiger charge is -2.11. The summed E-state index contributed by atoms with van der Waals surface area (Å²) < 4.78 is 17.0. The fourth-order valence-corrected chi connectivity index (χ4v) is 1.84. The van der Waals surface area contributed by atoms with Crippen LogP contribution in [0.1, 0.15) is 0 Å². The van der Waals surface area contributed by atoms with Crippen LogP contribution >= 0.6 is 0 Å². The van der Waals surface area contributed by atoms with E-state index in [9.17, 15) is 4.39 Å². The predicted molar refractivity (Wildman–Crippen MR) is 74.2 cm³/mol. The SMILES string of the molecule is CNN(N)c1cn(-c2ccc(-n3cccn3)c(F)c2)nn1. The molecule has 2 heterocycles. The van der Waals surface area contributed by atoms with E-state index < -0.39 is 5.82 Å². The summed E-state index contributed by atoms with van der Waals surface area (Å²) >= 11 is 0. The van der Waals surface area contributed by atoms with Gasteiger partial charge in [-0.1, -0.05) is 5.21 Å². The maximum atomic E-state index is 14.2. The molecular weight excluding hydrogens is 275 g/mol. The van der Waals surface area contributed by atoms with E-state index in [-0.39, 0.29) is 0 Å². The molecule has 0 spiro atoms. The molecule has 0 unspecified atom stereocenters. The topological polar surface area (TPSA) is 89.8 Å². The van der Waals surface area contributed by atoms with Crippen LogP contribution in [-0.4, -0.2) is 31.8 Å². The van der Waals surface area contributed by atoms with E-state index in [4.69, 9.17) is 5.84 Å². The Labute approximate surface area is 119 Å². The second-order valence-electron chi connectivity index (χ2n) is 4.20. The highest BCUT2D eigenvalue weighted by Gasteiger charge is 2.10. The summed E-state index contributed by atoms with van der Waals surface area (Å²) in [5, 5.41) is 13.0. The van der Waals surface area contributed by atoms with Crippen LogP contribution in [0.2, 0.25) is 0 Å². The molecule has 0 amide bonds. The van der Waals surface area contributed by atoms with Gasteiger partial charge in [0.1, 0.15) is 5.69 Å². The van der Waals surface area contributed by atoms with Gasteiger partial charge in [-0.15, -0.1) is 5.10 Å². The second-order valence-corrected chi connectivity index (χ2v) is 4.20. The van der Waals surface area contributed by atoms with E-state index in [2.05, 4.69) is 20.8 Å². The standard InChI is InChI=1S/C12H13FN8/c1-15-21(14)12-8-20(18-17-12)9-3-4-11(10(13)7-9)19-6-2-5-16-19/h2-8,15H,14H2,1H3. The minimum Gasteiger partial charge on any atom is -0.238 e. The highest BCUT2D eigenvalue weighted by molar-refractivity contribution is 5.43. The van der Waals surface area contributed by atoms with Gasteiger partial charge in [0.05, 0.1) is 11.9 Å². The van der Waals surface area contributed by atoms with Gasteiger partial charge in [-0.3, -0.25) is 0 Å². The first-order valence-electron chi connectivity index (χ1n) is 6.13. The molecule has 9 heteroatoms. The van der Waals surface area contributed by atoms with Gasteiger partial charge >= 0.3 is 0 Å². The first-order chi connectivity index (χ1) is 10.2. The molecule has 3 rings (SSSR count). The average Bonchev–Trinajstić information content (AvgIpc) is 3.17. The Bertz CT molecular complexity index is 736. The minimum atomic E-state index is -0.411. The van der Waals surface area contributed by atoms with Crippen LogP contribution in [0, 0.1) is 5.82 Å². The van der Waals surface area contributed by atoms with Crippen molar-refractivity contribution in [2.24, 2.45) is 5.84 Å². The Morgan fingerprint density at radius 2 is 2.19 bits per heavy atom. The largest absolute Gasteiger partial charge is 0.238 e. The summed E-state index contributed by atoms with van der Waals surface area (Å²) in [7, 11) is 1.65. The lowest BCUT2D eigenvalue weighted by molar-refractivity contribution is 0.608. The van der Waals surface area contributed by atoms with Crippen LogP contribution in [0.5, 0.6) is 0 Å². The van der Waals surface area contributed by atoms with Crippen molar-refractivity contribution in [2.75, 3.05) is 12.2 Å². The molecule has 0 aliphatic rings. The Morgan fingerprint density at radius 1 is 1.33 bits per heavy atom. The number of hydrogen-bond acceptors (Lipinski definition) is 6. The predicted octanol–water partition coefficient (Wildman–Crippen LogP) is 0.407. The molecule has 0 bridgehead atoms. The highest BCUT2D eigenvalue weighted by Crippen LogP contribution is 2.17. The third-order valence-electron chi connectivity index (χ3n) is 2.92. The molecule has 0 atom stereocenters. The van der Waals surface area contributed by atoms with Crippen LogP contribution < -0.4 is 16.4 Å². The smallest absolute Gasteiger partial charge is 0.200 e. The van der Waals surface area contributed by atoms with E-state index in [1.54, 1.807) is 43.8 Å². The Morgan fingerprint density at radius 3 is 2.86 bits per heavy atom. The summed E-state index contributed by atoms with van der Waals surface area (Å²) in [5.41, 5.74) is 3.59. The quantitative estimate of drug-likeness (QED) is 0.534. The molecule has 3 aromatic rings. The van der Waals surface area contributed by atoms with Crippen LogP contribution in [0.25, 0.3) is 11.4 Å². The van der Waals surface area contributed by atoms with E-state index in [1.807, 2.05) is 0 Å². The van der Waals surface area contributed by atoms with Gasteiger partial charge in [0.25, 0.3) is 0 Å². The minimum absolute atomic E-state index is 0.361. The van der Waals surface area contributed by atoms with E-state index in [0.717, 1.165) is 0 Å². The zero-order chi connectivity index (χ0) is 14.8. The number of aromatic nitrogens is 5. The summed E-state index contributed by atoms with van der Waals surface area (Å²) in [5.74, 6) is 5.63. The number of hydrazine groups is 2. The number of halogens is 1. The molecule has 0 radical (unpaired) electrons. The van der Waals surface area contributed by atoms with Crippen molar-refractivity contribution < 1.29 is 4.39 Å². The molecule has 1 aromatic carbocycles. The lowest BCUT2D eigenvalue weighted by Crippen LogP contribution is -2.41. The molecule has 0 aliphatic heterocycles. The summed E-state index contributed by atoms with van der Waals surface area (Å²) in [6.07, 6.45) is 4.84. The Kier molecular flexibility index (Phi) is 3.34. The summed E-state index contributed by atoms with van der Waals surface area (Å²) in [6.45, 7) is 0. The number of benzene rings is 1. The molecule has 0 fully saturated rings. The summed E-state index contributed by atoms with van der Waals surface area (Å²) in [4.78, 5) is 0. The van der Waals surface area contributed by atoms with Crippen molar-refractivity contribution in [3.8, 4) is 11.4 Å². The number of nitrogens with two attached hydrogens (primary N) is 1. The van der Waals surface area contributed by atoms with Crippen molar-refractivity contribution in [1.29, 1.82) is 0 Å². The van der Waals surface area contributed by atoms with Gasteiger partial charge in [-0.05, 0) is 18.2 Å². The van der Waals surface area contributed by atoms with Gasteiger partial charge in [-0.25, -0.2) is 30.1 Å². The maximum Gasteiger partial charge on any atom is 0.200 e. The molecule has 0 aliphatic carbocycles. The highest BCUT2D eigenvalue weighted by atomic mass is 19.1. The lowest BCUT2D eigenvalue weighted by atomic mass is 10.2. The van der Waals surface area contributed by atoms with Crippen molar-refractivity contribution in [1.82, 2.24) is 30.2 Å². The molecular formula is C12H13FN8. The van der Waals surface area contributed by atoms with Gasteiger partial charge in [0, 0.05) is 25.5 Å². The van der Waals surface area contributed by atoms with Crippen molar-refractivity contribution in [3.63, 3.8) is 0 Å².